The Bertz CT molecular complexity index is 287. The minimum absolute atomic E-state index is 0.140. The zero-order valence-electron chi connectivity index (χ0n) is 10.3. The van der Waals surface area contributed by atoms with Crippen LogP contribution in [0.5, 0.6) is 0 Å². The minimum atomic E-state index is -0.832. The summed E-state index contributed by atoms with van der Waals surface area (Å²) in [5.41, 5.74) is -0.716. The highest BCUT2D eigenvalue weighted by atomic mass is 16.5. The quantitative estimate of drug-likeness (QED) is 0.571. The molecule has 6 nitrogen and oxygen atoms in total. The van der Waals surface area contributed by atoms with Gasteiger partial charge in [-0.05, 0) is 26.7 Å². The Kier molecular flexibility index (Phi) is 4.74. The van der Waals surface area contributed by atoms with Crippen LogP contribution in [-0.4, -0.2) is 42.9 Å². The number of carbonyl (C=O) groups is 2. The van der Waals surface area contributed by atoms with Gasteiger partial charge in [0.2, 0.25) is 0 Å². The Labute approximate surface area is 101 Å². The Hall–Kier alpha value is -1.30. The van der Waals surface area contributed by atoms with E-state index < -0.39 is 11.4 Å². The highest BCUT2D eigenvalue weighted by Gasteiger charge is 2.50. The van der Waals surface area contributed by atoms with Crippen LogP contribution in [0.1, 0.15) is 26.7 Å². The van der Waals surface area contributed by atoms with Crippen molar-refractivity contribution >= 4 is 12.0 Å². The van der Waals surface area contributed by atoms with E-state index in [1.54, 1.807) is 0 Å². The van der Waals surface area contributed by atoms with Crippen LogP contribution in [0, 0.1) is 5.41 Å². The molecular weight excluding hydrogens is 224 g/mol. The van der Waals surface area contributed by atoms with E-state index in [2.05, 4.69) is 10.6 Å². The number of hydrogen-bond acceptors (Lipinski definition) is 3. The predicted molar refractivity (Wildman–Crippen MR) is 61.8 cm³/mol. The Morgan fingerprint density at radius 3 is 2.47 bits per heavy atom. The first kappa shape index (κ1) is 13.8. The van der Waals surface area contributed by atoms with Crippen LogP contribution in [0.2, 0.25) is 0 Å². The molecule has 0 atom stereocenters. The lowest BCUT2D eigenvalue weighted by molar-refractivity contribution is -0.143. The number of urea groups is 1. The van der Waals surface area contributed by atoms with Crippen molar-refractivity contribution in [3.63, 3.8) is 0 Å². The molecule has 1 rings (SSSR count). The number of rotatable bonds is 7. The number of carboxylic acids is 1. The lowest BCUT2D eigenvalue weighted by Gasteiger charge is -2.12. The molecule has 1 aliphatic carbocycles. The van der Waals surface area contributed by atoms with Crippen LogP contribution < -0.4 is 10.6 Å². The predicted octanol–water partition coefficient (Wildman–Crippen LogP) is 0.575. The van der Waals surface area contributed by atoms with Gasteiger partial charge >= 0.3 is 12.0 Å². The number of amides is 2. The molecule has 0 aromatic heterocycles. The summed E-state index contributed by atoms with van der Waals surface area (Å²) < 4.78 is 5.25. The normalized spacial score (nSPS) is 16.6. The van der Waals surface area contributed by atoms with Gasteiger partial charge in [-0.25, -0.2) is 4.79 Å². The van der Waals surface area contributed by atoms with E-state index in [-0.39, 0.29) is 18.7 Å². The minimum Gasteiger partial charge on any atom is -0.481 e. The van der Waals surface area contributed by atoms with Gasteiger partial charge < -0.3 is 20.5 Å². The molecule has 0 heterocycles. The molecule has 1 fully saturated rings. The smallest absolute Gasteiger partial charge is 0.314 e. The van der Waals surface area contributed by atoms with E-state index in [0.29, 0.717) is 26.0 Å². The topological polar surface area (TPSA) is 87.7 Å². The molecule has 0 bridgehead atoms. The molecule has 98 valence electrons. The monoisotopic (exact) mass is 244 g/mol. The Balaban J connectivity index is 2.08. The lowest BCUT2D eigenvalue weighted by Crippen LogP contribution is -2.41. The van der Waals surface area contributed by atoms with Crippen molar-refractivity contribution in [2.24, 2.45) is 5.41 Å². The van der Waals surface area contributed by atoms with E-state index in [4.69, 9.17) is 9.84 Å². The van der Waals surface area contributed by atoms with Gasteiger partial charge in [-0.1, -0.05) is 0 Å². The molecule has 0 radical (unpaired) electrons. The molecule has 3 N–H and O–H groups in total. The van der Waals surface area contributed by atoms with E-state index in [1.165, 1.54) is 0 Å². The largest absolute Gasteiger partial charge is 0.481 e. The number of ether oxygens (including phenoxy) is 1. The van der Waals surface area contributed by atoms with Crippen molar-refractivity contribution in [2.75, 3.05) is 19.7 Å². The molecule has 0 unspecified atom stereocenters. The highest BCUT2D eigenvalue weighted by molar-refractivity contribution is 5.80. The third kappa shape index (κ3) is 4.60. The fraction of sp³-hybridized carbons (Fsp3) is 0.818. The van der Waals surface area contributed by atoms with Gasteiger partial charge in [-0.15, -0.1) is 0 Å². The third-order valence-corrected chi connectivity index (χ3v) is 2.73. The lowest BCUT2D eigenvalue weighted by atomic mass is 10.1. The maximum atomic E-state index is 11.3. The van der Waals surface area contributed by atoms with E-state index in [9.17, 15) is 9.59 Å². The first-order valence-electron chi connectivity index (χ1n) is 5.83. The maximum Gasteiger partial charge on any atom is 0.314 e. The molecule has 0 aromatic rings. The van der Waals surface area contributed by atoms with Gasteiger partial charge in [0.1, 0.15) is 0 Å². The standard InChI is InChI=1S/C11H20N2O4/c1-8(2)17-6-5-12-10(16)13-7-11(3-4-11)9(14)15/h8H,3-7H2,1-2H3,(H,14,15)(H2,12,13,16). The van der Waals surface area contributed by atoms with Crippen LogP contribution in [-0.2, 0) is 9.53 Å². The number of aliphatic carboxylic acids is 1. The molecule has 0 spiro atoms. The zero-order chi connectivity index (χ0) is 12.9. The molecule has 0 saturated heterocycles. The summed E-state index contributed by atoms with van der Waals surface area (Å²) in [7, 11) is 0. The van der Waals surface area contributed by atoms with Crippen molar-refractivity contribution in [3.8, 4) is 0 Å². The number of nitrogens with one attached hydrogen (secondary N) is 2. The van der Waals surface area contributed by atoms with Crippen LogP contribution in [0.4, 0.5) is 4.79 Å². The van der Waals surface area contributed by atoms with Gasteiger partial charge in [0, 0.05) is 13.1 Å². The van der Waals surface area contributed by atoms with Crippen molar-refractivity contribution in [1.82, 2.24) is 10.6 Å². The molecular formula is C11H20N2O4. The maximum absolute atomic E-state index is 11.3. The van der Waals surface area contributed by atoms with Crippen molar-refractivity contribution in [3.05, 3.63) is 0 Å². The molecule has 1 saturated carbocycles. The van der Waals surface area contributed by atoms with Crippen molar-refractivity contribution in [1.29, 1.82) is 0 Å². The van der Waals surface area contributed by atoms with Crippen LogP contribution in [0.25, 0.3) is 0 Å². The van der Waals surface area contributed by atoms with Crippen molar-refractivity contribution < 1.29 is 19.4 Å². The van der Waals surface area contributed by atoms with Crippen molar-refractivity contribution in [2.45, 2.75) is 32.8 Å². The second-order valence-corrected chi connectivity index (χ2v) is 4.61. The number of carbonyl (C=O) groups excluding carboxylic acids is 1. The molecule has 2 amide bonds. The Morgan fingerprint density at radius 1 is 1.35 bits per heavy atom. The summed E-state index contributed by atoms with van der Waals surface area (Å²) in [5, 5.41) is 14.1. The summed E-state index contributed by atoms with van der Waals surface area (Å²) in [5.74, 6) is -0.832. The first-order chi connectivity index (χ1) is 7.96. The molecule has 0 aromatic carbocycles. The summed E-state index contributed by atoms with van der Waals surface area (Å²) in [6, 6.07) is -0.343. The van der Waals surface area contributed by atoms with Gasteiger partial charge in [-0.2, -0.15) is 0 Å². The number of hydrogen-bond donors (Lipinski definition) is 3. The first-order valence-corrected chi connectivity index (χ1v) is 5.83. The second kappa shape index (κ2) is 5.86. The van der Waals surface area contributed by atoms with Crippen LogP contribution in [0.15, 0.2) is 0 Å². The van der Waals surface area contributed by atoms with E-state index in [1.807, 2.05) is 13.8 Å². The Morgan fingerprint density at radius 2 is 2.00 bits per heavy atom. The number of carboxylic acid groups (broad SMARTS) is 1. The third-order valence-electron chi connectivity index (χ3n) is 2.73. The second-order valence-electron chi connectivity index (χ2n) is 4.61. The van der Waals surface area contributed by atoms with E-state index in [0.717, 1.165) is 0 Å². The summed E-state index contributed by atoms with van der Waals surface area (Å²) in [4.78, 5) is 22.2. The average molecular weight is 244 g/mol. The fourth-order valence-corrected chi connectivity index (χ4v) is 1.39. The molecule has 6 heteroatoms. The molecule has 17 heavy (non-hydrogen) atoms. The summed E-state index contributed by atoms with van der Waals surface area (Å²) in [6.45, 7) is 4.91. The fourth-order valence-electron chi connectivity index (χ4n) is 1.39. The summed E-state index contributed by atoms with van der Waals surface area (Å²) >= 11 is 0. The summed E-state index contributed by atoms with van der Waals surface area (Å²) in [6.07, 6.45) is 1.42. The van der Waals surface area contributed by atoms with Gasteiger partial charge in [0.25, 0.3) is 0 Å². The van der Waals surface area contributed by atoms with Crippen LogP contribution >= 0.6 is 0 Å². The van der Waals surface area contributed by atoms with Gasteiger partial charge in [-0.3, -0.25) is 4.79 Å². The van der Waals surface area contributed by atoms with Crippen LogP contribution in [0.3, 0.4) is 0 Å². The zero-order valence-corrected chi connectivity index (χ0v) is 10.3. The van der Waals surface area contributed by atoms with Gasteiger partial charge in [0.05, 0.1) is 18.1 Å². The van der Waals surface area contributed by atoms with E-state index >= 15 is 0 Å². The van der Waals surface area contributed by atoms with Gasteiger partial charge in [0.15, 0.2) is 0 Å². The average Bonchev–Trinajstić information content (AvgIpc) is 3.02. The molecule has 1 aliphatic rings. The molecule has 0 aliphatic heterocycles. The highest BCUT2D eigenvalue weighted by Crippen LogP contribution is 2.45. The SMILES string of the molecule is CC(C)OCCNC(=O)NCC1(C(=O)O)CC1.